The predicted octanol–water partition coefficient (Wildman–Crippen LogP) is 3.88. The average molecular weight is 346 g/mol. The molecule has 21 heavy (non-hydrogen) atoms. The van der Waals surface area contributed by atoms with Crippen molar-refractivity contribution < 1.29 is 14.1 Å². The third kappa shape index (κ3) is 3.13. The van der Waals surface area contributed by atoms with Crippen LogP contribution in [0.2, 0.25) is 0 Å². The minimum absolute atomic E-state index is 0.0987. The van der Waals surface area contributed by atoms with Crippen molar-refractivity contribution in [3.63, 3.8) is 0 Å². The van der Waals surface area contributed by atoms with Gasteiger partial charge in [-0.2, -0.15) is 0 Å². The number of carbonyl (C=O) groups is 1. The van der Waals surface area contributed by atoms with Crippen LogP contribution in [0.4, 0.5) is 0 Å². The van der Waals surface area contributed by atoms with Crippen LogP contribution in [0.3, 0.4) is 0 Å². The maximum atomic E-state index is 11.9. The molecule has 0 atom stereocenters. The number of rotatable bonds is 4. The van der Waals surface area contributed by atoms with Crippen LogP contribution in [-0.4, -0.2) is 11.1 Å². The van der Waals surface area contributed by atoms with E-state index < -0.39 is 0 Å². The van der Waals surface area contributed by atoms with E-state index in [2.05, 4.69) is 21.1 Å². The Balaban J connectivity index is 1.66. The molecule has 3 aromatic rings. The minimum atomic E-state index is -0.329. The molecule has 106 valence electrons. The zero-order valence-corrected chi connectivity index (χ0v) is 12.7. The number of nitrogens with zero attached hydrogens (tertiary/aromatic N) is 1. The molecule has 0 N–H and O–H groups in total. The second-order valence-corrected chi connectivity index (χ2v) is 5.41. The molecular formula is C16H12BrNO3. The summed E-state index contributed by atoms with van der Waals surface area (Å²) in [6, 6.07) is 15.1. The molecule has 2 aromatic carbocycles. The van der Waals surface area contributed by atoms with Crippen molar-refractivity contribution in [2.75, 3.05) is 0 Å². The summed E-state index contributed by atoms with van der Waals surface area (Å²) in [6.45, 7) is 0.232. The van der Waals surface area contributed by atoms with Gasteiger partial charge < -0.3 is 9.26 Å². The first kappa shape index (κ1) is 13.8. The molecule has 0 fully saturated rings. The third-order valence-electron chi connectivity index (χ3n) is 3.11. The Bertz CT molecular complexity index is 782. The highest BCUT2D eigenvalue weighted by Gasteiger charge is 2.13. The summed E-state index contributed by atoms with van der Waals surface area (Å²) in [7, 11) is 0. The van der Waals surface area contributed by atoms with E-state index >= 15 is 0 Å². The summed E-state index contributed by atoms with van der Waals surface area (Å²) in [6.07, 6.45) is 0.0987. The van der Waals surface area contributed by atoms with E-state index in [4.69, 9.17) is 9.26 Å². The number of carbonyl (C=O) groups excluding carboxylic acids is 1. The molecule has 0 unspecified atom stereocenters. The monoisotopic (exact) mass is 345 g/mol. The van der Waals surface area contributed by atoms with Crippen LogP contribution in [0.1, 0.15) is 11.3 Å². The van der Waals surface area contributed by atoms with Crippen LogP contribution in [0.5, 0.6) is 0 Å². The number of esters is 1. The number of hydrogen-bond donors (Lipinski definition) is 0. The molecule has 0 radical (unpaired) electrons. The van der Waals surface area contributed by atoms with Gasteiger partial charge in [0.1, 0.15) is 12.3 Å². The van der Waals surface area contributed by atoms with E-state index in [1.54, 1.807) is 0 Å². The molecule has 0 saturated heterocycles. The lowest BCUT2D eigenvalue weighted by Crippen LogP contribution is -2.08. The Hall–Kier alpha value is -2.14. The van der Waals surface area contributed by atoms with Gasteiger partial charge in [0.25, 0.3) is 0 Å². The maximum Gasteiger partial charge on any atom is 0.312 e. The molecule has 0 amide bonds. The maximum absolute atomic E-state index is 11.9. The van der Waals surface area contributed by atoms with Crippen molar-refractivity contribution in [2.45, 2.75) is 13.0 Å². The summed E-state index contributed by atoms with van der Waals surface area (Å²) < 4.78 is 11.4. The summed E-state index contributed by atoms with van der Waals surface area (Å²) in [5, 5.41) is 4.77. The molecule has 1 aromatic heterocycles. The second kappa shape index (κ2) is 6.10. The standard InChI is InChI=1S/C16H12BrNO3/c17-13-7-3-1-5-11(13)10-20-16(19)9-14-12-6-2-4-8-15(12)21-18-14/h1-8H,9-10H2. The van der Waals surface area contributed by atoms with Gasteiger partial charge in [0.05, 0.1) is 6.42 Å². The fraction of sp³-hybridized carbons (Fsp3) is 0.125. The predicted molar refractivity (Wildman–Crippen MR) is 81.7 cm³/mol. The van der Waals surface area contributed by atoms with Crippen molar-refractivity contribution in [1.29, 1.82) is 0 Å². The Kier molecular flexibility index (Phi) is 4.01. The summed E-state index contributed by atoms with van der Waals surface area (Å²) in [4.78, 5) is 11.9. The fourth-order valence-corrected chi connectivity index (χ4v) is 2.43. The quantitative estimate of drug-likeness (QED) is 0.673. The van der Waals surface area contributed by atoms with E-state index in [1.807, 2.05) is 48.5 Å². The summed E-state index contributed by atoms with van der Waals surface area (Å²) in [5.41, 5.74) is 2.20. The van der Waals surface area contributed by atoms with Gasteiger partial charge in [0.15, 0.2) is 5.58 Å². The van der Waals surface area contributed by atoms with Gasteiger partial charge in [-0.1, -0.05) is 51.4 Å². The average Bonchev–Trinajstić information content (AvgIpc) is 2.90. The lowest BCUT2D eigenvalue weighted by molar-refractivity contribution is -0.144. The van der Waals surface area contributed by atoms with Crippen molar-refractivity contribution in [3.8, 4) is 0 Å². The van der Waals surface area contributed by atoms with Crippen molar-refractivity contribution >= 4 is 32.9 Å². The molecule has 0 bridgehead atoms. The summed E-state index contributed by atoms with van der Waals surface area (Å²) >= 11 is 3.42. The third-order valence-corrected chi connectivity index (χ3v) is 3.88. The van der Waals surface area contributed by atoms with Crippen molar-refractivity contribution in [1.82, 2.24) is 5.16 Å². The highest BCUT2D eigenvalue weighted by molar-refractivity contribution is 9.10. The Labute approximate surface area is 129 Å². The van der Waals surface area contributed by atoms with Crippen LogP contribution in [0.15, 0.2) is 57.5 Å². The molecule has 5 heteroatoms. The molecule has 0 aliphatic rings. The number of hydrogen-bond acceptors (Lipinski definition) is 4. The van der Waals surface area contributed by atoms with Crippen LogP contribution < -0.4 is 0 Å². The lowest BCUT2D eigenvalue weighted by atomic mass is 10.2. The molecule has 4 nitrogen and oxygen atoms in total. The molecule has 0 saturated carbocycles. The molecule has 0 aliphatic carbocycles. The number of halogens is 1. The largest absolute Gasteiger partial charge is 0.460 e. The van der Waals surface area contributed by atoms with Crippen molar-refractivity contribution in [3.05, 3.63) is 64.3 Å². The zero-order chi connectivity index (χ0) is 14.7. The second-order valence-electron chi connectivity index (χ2n) is 4.55. The highest BCUT2D eigenvalue weighted by Crippen LogP contribution is 2.19. The first-order valence-electron chi connectivity index (χ1n) is 6.46. The van der Waals surface area contributed by atoms with Crippen molar-refractivity contribution in [2.24, 2.45) is 0 Å². The van der Waals surface area contributed by atoms with Crippen LogP contribution >= 0.6 is 15.9 Å². The molecular weight excluding hydrogens is 334 g/mol. The number of para-hydroxylation sites is 1. The SMILES string of the molecule is O=C(Cc1noc2ccccc12)OCc1ccccc1Br. The number of aromatic nitrogens is 1. The van der Waals surface area contributed by atoms with Gasteiger partial charge in [-0.25, -0.2) is 0 Å². The topological polar surface area (TPSA) is 52.3 Å². The first-order chi connectivity index (χ1) is 10.2. The van der Waals surface area contributed by atoms with Crippen LogP contribution in [0.25, 0.3) is 11.0 Å². The van der Waals surface area contributed by atoms with Gasteiger partial charge >= 0.3 is 5.97 Å². The molecule has 0 aliphatic heterocycles. The van der Waals surface area contributed by atoms with E-state index in [1.165, 1.54) is 0 Å². The van der Waals surface area contributed by atoms with E-state index in [-0.39, 0.29) is 19.0 Å². The van der Waals surface area contributed by atoms with E-state index in [9.17, 15) is 4.79 Å². The number of fused-ring (bicyclic) bond motifs is 1. The number of benzene rings is 2. The lowest BCUT2D eigenvalue weighted by Gasteiger charge is -2.05. The summed E-state index contributed by atoms with van der Waals surface area (Å²) in [5.74, 6) is -0.329. The number of ether oxygens (including phenoxy) is 1. The van der Waals surface area contributed by atoms with E-state index in [0.717, 1.165) is 15.4 Å². The zero-order valence-electron chi connectivity index (χ0n) is 11.1. The molecule has 3 rings (SSSR count). The minimum Gasteiger partial charge on any atom is -0.460 e. The smallest absolute Gasteiger partial charge is 0.312 e. The van der Waals surface area contributed by atoms with Gasteiger partial charge in [0.2, 0.25) is 0 Å². The molecule has 1 heterocycles. The van der Waals surface area contributed by atoms with Gasteiger partial charge in [0, 0.05) is 15.4 Å². The van der Waals surface area contributed by atoms with Gasteiger partial charge in [-0.05, 0) is 18.2 Å². The highest BCUT2D eigenvalue weighted by atomic mass is 79.9. The Morgan fingerprint density at radius 3 is 2.76 bits per heavy atom. The Morgan fingerprint density at radius 1 is 1.14 bits per heavy atom. The van der Waals surface area contributed by atoms with Gasteiger partial charge in [-0.3, -0.25) is 4.79 Å². The van der Waals surface area contributed by atoms with E-state index in [0.29, 0.717) is 11.3 Å². The first-order valence-corrected chi connectivity index (χ1v) is 7.25. The Morgan fingerprint density at radius 2 is 1.90 bits per heavy atom. The van der Waals surface area contributed by atoms with Gasteiger partial charge in [-0.15, -0.1) is 0 Å². The molecule has 0 spiro atoms. The van der Waals surface area contributed by atoms with Crippen LogP contribution in [0, 0.1) is 0 Å². The normalized spacial score (nSPS) is 10.7. The van der Waals surface area contributed by atoms with Crippen LogP contribution in [-0.2, 0) is 22.6 Å². The fourth-order valence-electron chi connectivity index (χ4n) is 2.03.